The molecule has 1 atom stereocenters. The highest BCUT2D eigenvalue weighted by atomic mass is 32.1. The molecule has 41 heavy (non-hydrogen) atoms. The number of thiazole rings is 1. The van der Waals surface area contributed by atoms with E-state index in [0.29, 0.717) is 6.41 Å². The van der Waals surface area contributed by atoms with Crippen LogP contribution in [0.1, 0.15) is 50.1 Å². The number of rotatable bonds is 13. The number of ether oxygens (including phenoxy) is 2. The van der Waals surface area contributed by atoms with Gasteiger partial charge in [-0.15, -0.1) is 11.3 Å². The highest BCUT2D eigenvalue weighted by Crippen LogP contribution is 2.26. The summed E-state index contributed by atoms with van der Waals surface area (Å²) in [5.41, 5.74) is 0.0941. The van der Waals surface area contributed by atoms with Crippen LogP contribution in [-0.4, -0.2) is 58.5 Å². The van der Waals surface area contributed by atoms with Crippen LogP contribution < -0.4 is 10.6 Å². The molecule has 1 heterocycles. The van der Waals surface area contributed by atoms with Gasteiger partial charge < -0.3 is 30.1 Å². The summed E-state index contributed by atoms with van der Waals surface area (Å²) in [6.45, 7) is 4.78. The van der Waals surface area contributed by atoms with Crippen LogP contribution in [0.15, 0.2) is 71.2 Å². The number of anilines is 1. The molecule has 0 aliphatic carbocycles. The fourth-order valence-electron chi connectivity index (χ4n) is 3.46. The molecule has 2 aromatic carbocycles. The van der Waals surface area contributed by atoms with Gasteiger partial charge in [-0.3, -0.25) is 4.79 Å². The number of carbonyl (C=O) groups is 4. The van der Waals surface area contributed by atoms with Crippen LogP contribution in [0.3, 0.4) is 0 Å². The van der Waals surface area contributed by atoms with E-state index in [0.717, 1.165) is 22.5 Å². The molecule has 0 saturated carbocycles. The van der Waals surface area contributed by atoms with Gasteiger partial charge in [0.1, 0.15) is 23.9 Å². The molecule has 0 radical (unpaired) electrons. The zero-order valence-corrected chi connectivity index (χ0v) is 23.4. The first kappa shape index (κ1) is 30.8. The Bertz CT molecular complexity index is 1320. The van der Waals surface area contributed by atoms with Crippen molar-refractivity contribution in [2.45, 2.75) is 44.9 Å². The third-order valence-electron chi connectivity index (χ3n) is 5.20. The highest BCUT2D eigenvalue weighted by molar-refractivity contribution is 7.14. The van der Waals surface area contributed by atoms with E-state index in [1.54, 1.807) is 20.8 Å². The highest BCUT2D eigenvalue weighted by Gasteiger charge is 2.29. The molecular weight excluding hydrogens is 552 g/mol. The molecule has 0 bridgehead atoms. The van der Waals surface area contributed by atoms with E-state index in [-0.39, 0.29) is 23.9 Å². The van der Waals surface area contributed by atoms with Gasteiger partial charge in [-0.2, -0.15) is 0 Å². The van der Waals surface area contributed by atoms with Gasteiger partial charge in [0.15, 0.2) is 11.2 Å². The minimum absolute atomic E-state index is 0.0248. The second-order valence-electron chi connectivity index (χ2n) is 9.50. The van der Waals surface area contributed by atoms with Crippen molar-refractivity contribution in [3.8, 4) is 0 Å². The number of aliphatic carboxylic acids is 1. The Kier molecular flexibility index (Phi) is 10.9. The Hall–Kier alpha value is -4.78. The van der Waals surface area contributed by atoms with Crippen molar-refractivity contribution in [3.63, 3.8) is 0 Å². The summed E-state index contributed by atoms with van der Waals surface area (Å²) in [4.78, 5) is 57.4. The molecule has 0 aliphatic rings. The second kappa shape index (κ2) is 14.6. The maximum Gasteiger partial charge on any atom is 0.408 e. The lowest BCUT2D eigenvalue weighted by Gasteiger charge is -2.25. The molecule has 3 aromatic rings. The summed E-state index contributed by atoms with van der Waals surface area (Å²) in [6.07, 6.45) is -1.32. The van der Waals surface area contributed by atoms with E-state index in [1.165, 1.54) is 5.38 Å². The minimum Gasteiger partial charge on any atom is -0.476 e. The summed E-state index contributed by atoms with van der Waals surface area (Å²) in [7, 11) is 0. The number of oxime groups is 1. The lowest BCUT2D eigenvalue weighted by atomic mass is 10.0. The molecule has 12 nitrogen and oxygen atoms in total. The number of amides is 2. The predicted octanol–water partition coefficient (Wildman–Crippen LogP) is 4.13. The number of alkyl carbamates (subject to hydrolysis) is 1. The molecule has 1 unspecified atom stereocenters. The van der Waals surface area contributed by atoms with Crippen molar-refractivity contribution in [2.75, 3.05) is 11.9 Å². The van der Waals surface area contributed by atoms with Crippen LogP contribution >= 0.6 is 11.3 Å². The second-order valence-corrected chi connectivity index (χ2v) is 10.4. The minimum atomic E-state index is -1.41. The zero-order chi connectivity index (χ0) is 29.8. The smallest absolute Gasteiger partial charge is 0.408 e. The fourth-order valence-corrected chi connectivity index (χ4v) is 4.11. The third kappa shape index (κ3) is 9.72. The SMILES string of the molecule is CC(C)(C)OC(=O)NC(CCO/N=C(\C(=O)O)c1csc(NC=O)n1)C(=O)OC(c1ccccc1)c1ccccc1. The normalized spacial score (nSPS) is 12.2. The first-order valence-electron chi connectivity index (χ1n) is 12.5. The molecule has 0 fully saturated rings. The Morgan fingerprint density at radius 2 is 1.66 bits per heavy atom. The molecule has 1 aromatic heterocycles. The Morgan fingerprint density at radius 3 is 2.20 bits per heavy atom. The average molecular weight is 583 g/mol. The number of hydrogen-bond acceptors (Lipinski definition) is 10. The van der Waals surface area contributed by atoms with E-state index in [2.05, 4.69) is 20.8 Å². The van der Waals surface area contributed by atoms with E-state index in [9.17, 15) is 24.3 Å². The van der Waals surface area contributed by atoms with Crippen molar-refractivity contribution in [3.05, 3.63) is 82.9 Å². The molecular formula is C28H30N4O8S. The van der Waals surface area contributed by atoms with Gasteiger partial charge in [0.05, 0.1) is 0 Å². The zero-order valence-electron chi connectivity index (χ0n) is 22.6. The van der Waals surface area contributed by atoms with Crippen molar-refractivity contribution >= 4 is 46.6 Å². The summed E-state index contributed by atoms with van der Waals surface area (Å²) in [5, 5.41) is 19.6. The number of carbonyl (C=O) groups excluding carboxylic acids is 3. The molecule has 216 valence electrons. The summed E-state index contributed by atoms with van der Waals surface area (Å²) < 4.78 is 11.2. The van der Waals surface area contributed by atoms with Crippen LogP contribution in [0.5, 0.6) is 0 Å². The van der Waals surface area contributed by atoms with E-state index in [4.69, 9.17) is 14.3 Å². The lowest BCUT2D eigenvalue weighted by molar-refractivity contribution is -0.150. The monoisotopic (exact) mass is 582 g/mol. The first-order chi connectivity index (χ1) is 19.6. The number of nitrogens with zero attached hydrogens (tertiary/aromatic N) is 2. The van der Waals surface area contributed by atoms with Gasteiger partial charge in [-0.25, -0.2) is 19.4 Å². The van der Waals surface area contributed by atoms with Crippen LogP contribution in [0, 0.1) is 0 Å². The van der Waals surface area contributed by atoms with Crippen LogP contribution in [-0.2, 0) is 28.7 Å². The van der Waals surface area contributed by atoms with Gasteiger partial charge >= 0.3 is 18.0 Å². The lowest BCUT2D eigenvalue weighted by Crippen LogP contribution is -2.45. The van der Waals surface area contributed by atoms with Crippen molar-refractivity contribution in [1.29, 1.82) is 0 Å². The molecule has 13 heteroatoms. The summed E-state index contributed by atoms with van der Waals surface area (Å²) in [5.74, 6) is -2.17. The Morgan fingerprint density at radius 1 is 1.05 bits per heavy atom. The number of esters is 1. The van der Waals surface area contributed by atoms with E-state index in [1.807, 2.05) is 60.7 Å². The summed E-state index contributed by atoms with van der Waals surface area (Å²) in [6, 6.07) is 17.0. The van der Waals surface area contributed by atoms with Crippen molar-refractivity contribution < 1.29 is 38.6 Å². The Labute approximate surface area is 240 Å². The van der Waals surface area contributed by atoms with Crippen LogP contribution in [0.25, 0.3) is 0 Å². The maximum atomic E-state index is 13.4. The molecule has 2 amide bonds. The molecule has 0 saturated heterocycles. The van der Waals surface area contributed by atoms with E-state index >= 15 is 0 Å². The molecule has 3 rings (SSSR count). The first-order valence-corrected chi connectivity index (χ1v) is 13.3. The predicted molar refractivity (Wildman–Crippen MR) is 151 cm³/mol. The van der Waals surface area contributed by atoms with Crippen molar-refractivity contribution in [2.24, 2.45) is 5.16 Å². The van der Waals surface area contributed by atoms with Crippen LogP contribution in [0.4, 0.5) is 9.93 Å². The van der Waals surface area contributed by atoms with E-state index < -0.39 is 41.5 Å². The number of hydrogen-bond donors (Lipinski definition) is 3. The third-order valence-corrected chi connectivity index (χ3v) is 5.97. The average Bonchev–Trinajstić information content (AvgIpc) is 3.38. The standard InChI is InChI=1S/C28H30N4O8S/c1-28(2,3)40-27(37)31-20(14-15-38-32-22(24(34)35)21-16-41-26(30-21)29-17-33)25(36)39-23(18-10-6-4-7-11-18)19-12-8-5-9-13-19/h4-13,16-17,20,23H,14-15H2,1-3H3,(H,31,37)(H,34,35)(H,29,30,33)/b32-22-. The largest absolute Gasteiger partial charge is 0.476 e. The van der Waals surface area contributed by atoms with Gasteiger partial charge in [0.2, 0.25) is 12.1 Å². The van der Waals surface area contributed by atoms with Crippen LogP contribution in [0.2, 0.25) is 0 Å². The van der Waals surface area contributed by atoms with Gasteiger partial charge in [0.25, 0.3) is 0 Å². The van der Waals surface area contributed by atoms with Gasteiger partial charge in [0, 0.05) is 11.8 Å². The maximum absolute atomic E-state index is 13.4. The molecule has 3 N–H and O–H groups in total. The quantitative estimate of drug-likeness (QED) is 0.0883. The van der Waals surface area contributed by atoms with Gasteiger partial charge in [-0.05, 0) is 31.9 Å². The number of aromatic nitrogens is 1. The number of nitrogens with one attached hydrogen (secondary N) is 2. The van der Waals surface area contributed by atoms with Crippen molar-refractivity contribution in [1.82, 2.24) is 10.3 Å². The number of carboxylic acids is 1. The number of benzene rings is 2. The van der Waals surface area contributed by atoms with Gasteiger partial charge in [-0.1, -0.05) is 65.8 Å². The molecule has 0 spiro atoms. The fraction of sp³-hybridized carbons (Fsp3) is 0.286. The topological polar surface area (TPSA) is 166 Å². The summed E-state index contributed by atoms with van der Waals surface area (Å²) >= 11 is 1.01. The molecule has 0 aliphatic heterocycles. The Balaban J connectivity index is 1.77. The number of carboxylic acid groups (broad SMARTS) is 1.